The van der Waals surface area contributed by atoms with E-state index >= 15 is 0 Å². The molecule has 0 fully saturated rings. The fraction of sp³-hybridized carbons (Fsp3) is 0.200. The zero-order valence-electron chi connectivity index (χ0n) is 10.5. The van der Waals surface area contributed by atoms with E-state index in [0.717, 1.165) is 17.1 Å². The molecule has 2 heteroatoms. The molecule has 0 amide bonds. The maximum atomic E-state index is 5.92. The lowest BCUT2D eigenvalue weighted by atomic mass is 10.0. The van der Waals surface area contributed by atoms with E-state index in [1.54, 1.807) is 0 Å². The molecule has 0 unspecified atom stereocenters. The van der Waals surface area contributed by atoms with Gasteiger partial charge in [0.2, 0.25) is 0 Å². The highest BCUT2D eigenvalue weighted by molar-refractivity contribution is 5.74. The van der Waals surface area contributed by atoms with Crippen molar-refractivity contribution in [1.82, 2.24) is 0 Å². The molecule has 2 aromatic rings. The fourth-order valence-corrected chi connectivity index (χ4v) is 1.85. The summed E-state index contributed by atoms with van der Waals surface area (Å²) in [6.45, 7) is 6.35. The summed E-state index contributed by atoms with van der Waals surface area (Å²) in [6, 6.07) is 12.2. The molecule has 0 bridgehead atoms. The Labute approximate surface area is 102 Å². The first-order valence-corrected chi connectivity index (χ1v) is 5.77. The minimum atomic E-state index is 0.769. The Morgan fingerprint density at radius 3 is 2.18 bits per heavy atom. The molecular formula is C15H18N2. The molecule has 0 aliphatic rings. The molecule has 2 aromatic carbocycles. The van der Waals surface area contributed by atoms with Gasteiger partial charge in [0.05, 0.1) is 11.4 Å². The lowest BCUT2D eigenvalue weighted by Crippen LogP contribution is -1.98. The predicted octanol–water partition coefficient (Wildman–Crippen LogP) is 3.94. The first-order chi connectivity index (χ1) is 8.08. The van der Waals surface area contributed by atoms with E-state index in [0.29, 0.717) is 0 Å². The summed E-state index contributed by atoms with van der Waals surface area (Å²) in [4.78, 5) is 0. The van der Waals surface area contributed by atoms with Gasteiger partial charge in [-0.25, -0.2) is 0 Å². The van der Waals surface area contributed by atoms with Crippen LogP contribution in [0.4, 0.5) is 17.1 Å². The van der Waals surface area contributed by atoms with Crippen molar-refractivity contribution >= 4 is 17.1 Å². The predicted molar refractivity (Wildman–Crippen MR) is 74.8 cm³/mol. The molecule has 0 spiro atoms. The monoisotopic (exact) mass is 226 g/mol. The van der Waals surface area contributed by atoms with Crippen LogP contribution in [0.5, 0.6) is 0 Å². The van der Waals surface area contributed by atoms with Crippen LogP contribution in [0, 0.1) is 20.8 Å². The molecule has 2 nitrogen and oxygen atoms in total. The molecule has 0 radical (unpaired) electrons. The lowest BCUT2D eigenvalue weighted by molar-refractivity contribution is 1.29. The fourth-order valence-electron chi connectivity index (χ4n) is 1.85. The highest BCUT2D eigenvalue weighted by Gasteiger charge is 2.03. The number of hydrogen-bond acceptors (Lipinski definition) is 2. The van der Waals surface area contributed by atoms with Crippen LogP contribution in [0.3, 0.4) is 0 Å². The van der Waals surface area contributed by atoms with Gasteiger partial charge in [-0.05, 0) is 55.7 Å². The van der Waals surface area contributed by atoms with Gasteiger partial charge in [0.1, 0.15) is 0 Å². The number of anilines is 3. The zero-order chi connectivity index (χ0) is 12.4. The number of benzene rings is 2. The van der Waals surface area contributed by atoms with E-state index in [1.165, 1.54) is 16.7 Å². The zero-order valence-corrected chi connectivity index (χ0v) is 10.5. The normalized spacial score (nSPS) is 10.3. The minimum Gasteiger partial charge on any atom is -0.397 e. The summed E-state index contributed by atoms with van der Waals surface area (Å²) in [7, 11) is 0. The topological polar surface area (TPSA) is 38.0 Å². The van der Waals surface area contributed by atoms with Crippen LogP contribution in [0.2, 0.25) is 0 Å². The van der Waals surface area contributed by atoms with Crippen molar-refractivity contribution in [2.75, 3.05) is 11.1 Å². The molecule has 88 valence electrons. The van der Waals surface area contributed by atoms with Gasteiger partial charge in [0.15, 0.2) is 0 Å². The summed E-state index contributed by atoms with van der Waals surface area (Å²) in [6.07, 6.45) is 0. The Balaban J connectivity index is 2.37. The Morgan fingerprint density at radius 2 is 1.47 bits per heavy atom. The van der Waals surface area contributed by atoms with Crippen LogP contribution in [0.15, 0.2) is 36.4 Å². The van der Waals surface area contributed by atoms with E-state index in [1.807, 2.05) is 24.3 Å². The molecule has 17 heavy (non-hydrogen) atoms. The highest BCUT2D eigenvalue weighted by atomic mass is 14.9. The summed E-state index contributed by atoms with van der Waals surface area (Å²) >= 11 is 0. The Morgan fingerprint density at radius 1 is 0.824 bits per heavy atom. The molecule has 0 aliphatic heterocycles. The van der Waals surface area contributed by atoms with Crippen LogP contribution in [-0.2, 0) is 0 Å². The molecule has 0 heterocycles. The number of para-hydroxylation sites is 2. The lowest BCUT2D eigenvalue weighted by Gasteiger charge is -2.13. The van der Waals surface area contributed by atoms with Crippen LogP contribution in [-0.4, -0.2) is 0 Å². The average Bonchev–Trinajstić information content (AvgIpc) is 2.29. The third kappa shape index (κ3) is 2.41. The smallest absolute Gasteiger partial charge is 0.0617 e. The van der Waals surface area contributed by atoms with Gasteiger partial charge in [0.25, 0.3) is 0 Å². The second-order valence-electron chi connectivity index (χ2n) is 4.46. The van der Waals surface area contributed by atoms with Crippen molar-refractivity contribution in [3.05, 3.63) is 53.1 Å². The number of hydrogen-bond donors (Lipinski definition) is 2. The number of nitrogens with two attached hydrogens (primary N) is 1. The largest absolute Gasteiger partial charge is 0.397 e. The number of aryl methyl sites for hydroxylation is 3. The molecule has 3 N–H and O–H groups in total. The van der Waals surface area contributed by atoms with Gasteiger partial charge < -0.3 is 11.1 Å². The molecule has 0 aliphatic carbocycles. The summed E-state index contributed by atoms with van der Waals surface area (Å²) in [5, 5.41) is 3.38. The summed E-state index contributed by atoms with van der Waals surface area (Å²) in [5.74, 6) is 0. The number of nitrogens with one attached hydrogen (secondary N) is 1. The Hall–Kier alpha value is -1.96. The molecule has 2 rings (SSSR count). The average molecular weight is 226 g/mol. The van der Waals surface area contributed by atoms with E-state index in [2.05, 4.69) is 38.2 Å². The molecular weight excluding hydrogens is 208 g/mol. The van der Waals surface area contributed by atoms with Gasteiger partial charge in [0, 0.05) is 5.69 Å². The summed E-state index contributed by atoms with van der Waals surface area (Å²) < 4.78 is 0. The third-order valence-corrected chi connectivity index (χ3v) is 3.07. The Kier molecular flexibility index (Phi) is 3.05. The van der Waals surface area contributed by atoms with E-state index in [9.17, 15) is 0 Å². The quantitative estimate of drug-likeness (QED) is 0.761. The minimum absolute atomic E-state index is 0.769. The van der Waals surface area contributed by atoms with Gasteiger partial charge in [-0.2, -0.15) is 0 Å². The molecule has 0 aromatic heterocycles. The van der Waals surface area contributed by atoms with Crippen molar-refractivity contribution in [2.45, 2.75) is 20.8 Å². The van der Waals surface area contributed by atoms with Gasteiger partial charge >= 0.3 is 0 Å². The number of rotatable bonds is 2. The van der Waals surface area contributed by atoms with Gasteiger partial charge in [-0.3, -0.25) is 0 Å². The molecule has 0 saturated carbocycles. The summed E-state index contributed by atoms with van der Waals surface area (Å²) in [5.41, 5.74) is 12.6. The second-order valence-corrected chi connectivity index (χ2v) is 4.46. The van der Waals surface area contributed by atoms with Crippen LogP contribution in [0.25, 0.3) is 0 Å². The van der Waals surface area contributed by atoms with Gasteiger partial charge in [-0.15, -0.1) is 0 Å². The van der Waals surface area contributed by atoms with E-state index in [-0.39, 0.29) is 0 Å². The van der Waals surface area contributed by atoms with Gasteiger partial charge in [-0.1, -0.05) is 18.2 Å². The van der Waals surface area contributed by atoms with Crippen molar-refractivity contribution in [2.24, 2.45) is 0 Å². The molecule has 0 atom stereocenters. The maximum absolute atomic E-state index is 5.92. The maximum Gasteiger partial charge on any atom is 0.0617 e. The standard InChI is InChI=1S/C15H18N2/c1-10-8-12(3)15(9-11(10)2)17-14-7-5-4-6-13(14)16/h4-9,17H,16H2,1-3H3. The second kappa shape index (κ2) is 4.50. The van der Waals surface area contributed by atoms with Crippen LogP contribution < -0.4 is 11.1 Å². The van der Waals surface area contributed by atoms with E-state index in [4.69, 9.17) is 5.73 Å². The third-order valence-electron chi connectivity index (χ3n) is 3.07. The first kappa shape index (κ1) is 11.5. The van der Waals surface area contributed by atoms with Crippen molar-refractivity contribution in [3.63, 3.8) is 0 Å². The van der Waals surface area contributed by atoms with Crippen LogP contribution >= 0.6 is 0 Å². The first-order valence-electron chi connectivity index (χ1n) is 5.77. The van der Waals surface area contributed by atoms with E-state index < -0.39 is 0 Å². The Bertz CT molecular complexity index is 545. The highest BCUT2D eigenvalue weighted by Crippen LogP contribution is 2.26. The van der Waals surface area contributed by atoms with Crippen molar-refractivity contribution in [3.8, 4) is 0 Å². The SMILES string of the molecule is Cc1cc(C)c(Nc2ccccc2N)cc1C. The van der Waals surface area contributed by atoms with Crippen molar-refractivity contribution < 1.29 is 0 Å². The molecule has 0 saturated heterocycles. The number of nitrogen functional groups attached to an aromatic ring is 1. The van der Waals surface area contributed by atoms with Crippen molar-refractivity contribution in [1.29, 1.82) is 0 Å². The van der Waals surface area contributed by atoms with Crippen LogP contribution in [0.1, 0.15) is 16.7 Å².